The Morgan fingerprint density at radius 3 is 2.63 bits per heavy atom. The minimum Gasteiger partial charge on any atom is -0.508 e. The lowest BCUT2D eigenvalue weighted by Crippen LogP contribution is -2.25. The molecular formula is C20H19N3O4. The Labute approximate surface area is 156 Å². The van der Waals surface area contributed by atoms with E-state index in [1.54, 1.807) is 43.3 Å². The second kappa shape index (κ2) is 6.68. The van der Waals surface area contributed by atoms with Gasteiger partial charge in [-0.25, -0.2) is 4.98 Å². The second-order valence-corrected chi connectivity index (χ2v) is 6.28. The number of anilines is 1. The molecule has 0 saturated carbocycles. The number of amides is 1. The number of ether oxygens (including phenoxy) is 2. The molecule has 2 aromatic carbocycles. The lowest BCUT2D eigenvalue weighted by atomic mass is 9.90. The molecule has 0 saturated heterocycles. The van der Waals surface area contributed by atoms with Gasteiger partial charge in [0.2, 0.25) is 5.91 Å². The van der Waals surface area contributed by atoms with Gasteiger partial charge in [-0.3, -0.25) is 9.36 Å². The number of hydrogen-bond donors (Lipinski definition) is 2. The van der Waals surface area contributed by atoms with E-state index in [1.807, 2.05) is 24.3 Å². The summed E-state index contributed by atoms with van der Waals surface area (Å²) in [6, 6.07) is 12.3. The normalized spacial score (nSPS) is 15.8. The van der Waals surface area contributed by atoms with Gasteiger partial charge in [-0.15, -0.1) is 0 Å². The van der Waals surface area contributed by atoms with Gasteiger partial charge in [0.15, 0.2) is 0 Å². The Hall–Kier alpha value is -3.48. The van der Waals surface area contributed by atoms with Crippen molar-refractivity contribution in [1.82, 2.24) is 9.55 Å². The molecule has 0 bridgehead atoms. The Balaban J connectivity index is 1.81. The van der Waals surface area contributed by atoms with E-state index in [4.69, 9.17) is 9.47 Å². The zero-order valence-electron chi connectivity index (χ0n) is 15.0. The van der Waals surface area contributed by atoms with Crippen LogP contribution in [0.4, 0.5) is 5.82 Å². The number of benzene rings is 2. The van der Waals surface area contributed by atoms with Crippen LogP contribution in [0.2, 0.25) is 0 Å². The van der Waals surface area contributed by atoms with E-state index in [2.05, 4.69) is 10.3 Å². The van der Waals surface area contributed by atoms with E-state index < -0.39 is 0 Å². The number of aromatic hydroxyl groups is 1. The number of carbonyl (C=O) groups is 1. The summed E-state index contributed by atoms with van der Waals surface area (Å²) in [5.41, 5.74) is 2.45. The number of carbonyl (C=O) groups excluding carboxylic acids is 1. The predicted octanol–water partition coefficient (Wildman–Crippen LogP) is 3.07. The predicted molar refractivity (Wildman–Crippen MR) is 99.9 cm³/mol. The van der Waals surface area contributed by atoms with Gasteiger partial charge in [0.25, 0.3) is 0 Å². The number of imidazole rings is 1. The van der Waals surface area contributed by atoms with Gasteiger partial charge in [0.05, 0.1) is 25.6 Å². The van der Waals surface area contributed by atoms with Crippen LogP contribution in [0, 0.1) is 0 Å². The third-order valence-electron chi connectivity index (χ3n) is 4.72. The highest BCUT2D eigenvalue weighted by Crippen LogP contribution is 2.39. The molecule has 1 aromatic heterocycles. The molecule has 0 spiro atoms. The van der Waals surface area contributed by atoms with Crippen molar-refractivity contribution in [2.45, 2.75) is 12.3 Å². The van der Waals surface area contributed by atoms with Crippen LogP contribution in [0.15, 0.2) is 48.8 Å². The Kier molecular flexibility index (Phi) is 4.19. The summed E-state index contributed by atoms with van der Waals surface area (Å²) < 4.78 is 12.5. The maximum absolute atomic E-state index is 12.4. The molecule has 4 rings (SSSR count). The van der Waals surface area contributed by atoms with Gasteiger partial charge in [-0.2, -0.15) is 0 Å². The molecular weight excluding hydrogens is 346 g/mol. The maximum Gasteiger partial charge on any atom is 0.226 e. The minimum atomic E-state index is -0.181. The number of nitrogens with zero attached hydrogens (tertiary/aromatic N) is 2. The highest BCUT2D eigenvalue weighted by molar-refractivity contribution is 5.94. The van der Waals surface area contributed by atoms with E-state index in [1.165, 1.54) is 0 Å². The highest BCUT2D eigenvalue weighted by atomic mass is 16.5. The summed E-state index contributed by atoms with van der Waals surface area (Å²) in [6.45, 7) is 0. The van der Waals surface area contributed by atoms with Gasteiger partial charge in [0, 0.05) is 18.4 Å². The van der Waals surface area contributed by atoms with Crippen LogP contribution < -0.4 is 14.8 Å². The number of methoxy groups -OCH3 is 2. The number of fused-ring (bicyclic) bond motifs is 1. The van der Waals surface area contributed by atoms with Crippen molar-refractivity contribution < 1.29 is 19.4 Å². The Morgan fingerprint density at radius 1 is 1.15 bits per heavy atom. The molecule has 1 amide bonds. The first kappa shape index (κ1) is 17.0. The molecule has 2 heterocycles. The Morgan fingerprint density at radius 2 is 1.93 bits per heavy atom. The van der Waals surface area contributed by atoms with Crippen LogP contribution in [0.1, 0.15) is 23.6 Å². The molecule has 27 heavy (non-hydrogen) atoms. The van der Waals surface area contributed by atoms with E-state index >= 15 is 0 Å². The van der Waals surface area contributed by atoms with E-state index in [0.717, 1.165) is 16.9 Å². The second-order valence-electron chi connectivity index (χ2n) is 6.28. The average Bonchev–Trinajstić information content (AvgIpc) is 3.11. The van der Waals surface area contributed by atoms with Crippen LogP contribution in [-0.4, -0.2) is 34.8 Å². The van der Waals surface area contributed by atoms with Gasteiger partial charge in [-0.05, 0) is 29.8 Å². The molecule has 7 heteroatoms. The number of aromatic nitrogens is 2. The number of rotatable bonds is 4. The fourth-order valence-electron chi connectivity index (χ4n) is 3.36. The Bertz CT molecular complexity index is 995. The third kappa shape index (κ3) is 2.97. The van der Waals surface area contributed by atoms with Crippen LogP contribution in [0.5, 0.6) is 17.2 Å². The number of hydrogen-bond acceptors (Lipinski definition) is 5. The zero-order valence-corrected chi connectivity index (χ0v) is 15.0. The van der Waals surface area contributed by atoms with E-state index in [0.29, 0.717) is 23.7 Å². The molecule has 0 aliphatic carbocycles. The minimum absolute atomic E-state index is 0.0881. The topological polar surface area (TPSA) is 85.6 Å². The molecule has 1 aliphatic rings. The van der Waals surface area contributed by atoms with Crippen molar-refractivity contribution in [3.8, 4) is 22.9 Å². The van der Waals surface area contributed by atoms with Crippen molar-refractivity contribution in [2.24, 2.45) is 0 Å². The molecule has 2 N–H and O–H groups in total. The number of nitrogens with one attached hydrogen (secondary N) is 1. The smallest absolute Gasteiger partial charge is 0.226 e. The quantitative estimate of drug-likeness (QED) is 0.742. The molecule has 1 atom stereocenters. The van der Waals surface area contributed by atoms with Crippen molar-refractivity contribution >= 4 is 11.7 Å². The van der Waals surface area contributed by atoms with Crippen molar-refractivity contribution in [3.05, 3.63) is 60.0 Å². The summed E-state index contributed by atoms with van der Waals surface area (Å²) >= 11 is 0. The average molecular weight is 365 g/mol. The molecule has 1 aliphatic heterocycles. The van der Waals surface area contributed by atoms with Crippen molar-refractivity contribution in [3.63, 3.8) is 0 Å². The summed E-state index contributed by atoms with van der Waals surface area (Å²) in [6.07, 6.45) is 1.97. The monoisotopic (exact) mass is 365 g/mol. The molecule has 0 radical (unpaired) electrons. The lowest BCUT2D eigenvalue weighted by molar-refractivity contribution is -0.116. The summed E-state index contributed by atoms with van der Waals surface area (Å²) in [7, 11) is 3.18. The highest BCUT2D eigenvalue weighted by Gasteiger charge is 2.31. The fourth-order valence-corrected chi connectivity index (χ4v) is 3.36. The van der Waals surface area contributed by atoms with Gasteiger partial charge < -0.3 is 19.9 Å². The largest absolute Gasteiger partial charge is 0.508 e. The summed E-state index contributed by atoms with van der Waals surface area (Å²) in [5.74, 6) is 1.82. The molecule has 138 valence electrons. The zero-order chi connectivity index (χ0) is 19.0. The van der Waals surface area contributed by atoms with Crippen LogP contribution in [0.3, 0.4) is 0 Å². The van der Waals surface area contributed by atoms with Crippen LogP contribution >= 0.6 is 0 Å². The SMILES string of the molecule is COc1ccc(-n2cnc3c2NC(=O)CC3c2ccc(O)cc2)c(OC)c1. The molecule has 0 fully saturated rings. The van der Waals surface area contributed by atoms with Gasteiger partial charge >= 0.3 is 0 Å². The van der Waals surface area contributed by atoms with E-state index in [-0.39, 0.29) is 17.6 Å². The van der Waals surface area contributed by atoms with Crippen molar-refractivity contribution in [2.75, 3.05) is 19.5 Å². The standard InChI is InChI=1S/C20H19N3O4/c1-26-14-7-8-16(17(9-14)27-2)23-11-21-19-15(10-18(25)22-20(19)23)12-3-5-13(24)6-4-12/h3-9,11,15,24H,10H2,1-2H3,(H,22,25). The number of phenols is 1. The maximum atomic E-state index is 12.4. The summed E-state index contributed by atoms with van der Waals surface area (Å²) in [5, 5.41) is 12.5. The van der Waals surface area contributed by atoms with Gasteiger partial charge in [0.1, 0.15) is 29.4 Å². The van der Waals surface area contributed by atoms with Gasteiger partial charge in [-0.1, -0.05) is 12.1 Å². The van der Waals surface area contributed by atoms with E-state index in [9.17, 15) is 9.90 Å². The number of phenolic OH excluding ortho intramolecular Hbond substituents is 1. The molecule has 3 aromatic rings. The van der Waals surface area contributed by atoms with Crippen molar-refractivity contribution in [1.29, 1.82) is 0 Å². The fraction of sp³-hybridized carbons (Fsp3) is 0.200. The first-order valence-corrected chi connectivity index (χ1v) is 8.49. The molecule has 1 unspecified atom stereocenters. The van der Waals surface area contributed by atoms with Crippen LogP contribution in [-0.2, 0) is 4.79 Å². The van der Waals surface area contributed by atoms with Crippen LogP contribution in [0.25, 0.3) is 5.69 Å². The lowest BCUT2D eigenvalue weighted by Gasteiger charge is -2.23. The first-order valence-electron chi connectivity index (χ1n) is 8.49. The third-order valence-corrected chi connectivity index (χ3v) is 4.72. The summed E-state index contributed by atoms with van der Waals surface area (Å²) in [4.78, 5) is 16.9. The first-order chi connectivity index (χ1) is 13.1. The molecule has 7 nitrogen and oxygen atoms in total.